The number of aryl methyl sites for hydroxylation is 1. The summed E-state index contributed by atoms with van der Waals surface area (Å²) >= 11 is 0. The van der Waals surface area contributed by atoms with Crippen molar-refractivity contribution in [3.05, 3.63) is 17.5 Å². The Bertz CT molecular complexity index is 686. The Kier molecular flexibility index (Phi) is 8.66. The van der Waals surface area contributed by atoms with E-state index in [4.69, 9.17) is 0 Å². The highest BCUT2D eigenvalue weighted by Gasteiger charge is 2.45. The number of aliphatic imine (C=N–C) groups is 1. The first-order chi connectivity index (χ1) is 13.3. The molecule has 3 rings (SSSR count). The third-order valence-corrected chi connectivity index (χ3v) is 6.05. The van der Waals surface area contributed by atoms with Gasteiger partial charge in [-0.1, -0.05) is 12.8 Å². The molecule has 2 aliphatic rings. The van der Waals surface area contributed by atoms with Crippen LogP contribution in [0.15, 0.2) is 11.2 Å². The number of alkyl halides is 3. The second-order valence-electron chi connectivity index (χ2n) is 8.40. The zero-order valence-electron chi connectivity index (χ0n) is 17.4. The van der Waals surface area contributed by atoms with E-state index in [-0.39, 0.29) is 42.4 Å². The van der Waals surface area contributed by atoms with Crippen LogP contribution in [0.1, 0.15) is 63.3 Å². The molecule has 1 heterocycles. The van der Waals surface area contributed by atoms with Gasteiger partial charge in [-0.3, -0.25) is 9.67 Å². The zero-order valence-corrected chi connectivity index (χ0v) is 19.8. The normalized spacial score (nSPS) is 25.3. The lowest BCUT2D eigenvalue weighted by Crippen LogP contribution is -2.48. The fourth-order valence-electron chi connectivity index (χ4n) is 4.40. The SMILES string of the molecule is CN=C(NCC1CCCCC1C(F)(F)F)NC1CCc2cn(C(C)C)nc2C1.I. The maximum Gasteiger partial charge on any atom is 0.392 e. The van der Waals surface area contributed by atoms with Crippen molar-refractivity contribution < 1.29 is 13.2 Å². The number of guanidine groups is 1. The van der Waals surface area contributed by atoms with Gasteiger partial charge in [-0.2, -0.15) is 18.3 Å². The lowest BCUT2D eigenvalue weighted by molar-refractivity contribution is -0.195. The highest BCUT2D eigenvalue weighted by molar-refractivity contribution is 14.0. The van der Waals surface area contributed by atoms with Gasteiger partial charge in [-0.25, -0.2) is 0 Å². The summed E-state index contributed by atoms with van der Waals surface area (Å²) in [7, 11) is 1.67. The Hall–Kier alpha value is -1.00. The van der Waals surface area contributed by atoms with E-state index in [1.807, 2.05) is 4.68 Å². The topological polar surface area (TPSA) is 54.2 Å². The average molecular weight is 527 g/mol. The van der Waals surface area contributed by atoms with Crippen molar-refractivity contribution in [2.24, 2.45) is 16.8 Å². The fraction of sp³-hybridized carbons (Fsp3) is 0.800. The molecule has 2 aliphatic carbocycles. The molecule has 0 spiro atoms. The first-order valence-electron chi connectivity index (χ1n) is 10.4. The Balaban J connectivity index is 0.00000300. The van der Waals surface area contributed by atoms with Gasteiger partial charge in [0.15, 0.2) is 5.96 Å². The van der Waals surface area contributed by atoms with Crippen LogP contribution in [0.2, 0.25) is 0 Å². The van der Waals surface area contributed by atoms with E-state index in [2.05, 4.69) is 40.8 Å². The molecular formula is C20H33F3IN5. The molecule has 0 aliphatic heterocycles. The van der Waals surface area contributed by atoms with Crippen LogP contribution >= 0.6 is 24.0 Å². The molecule has 1 aromatic rings. The van der Waals surface area contributed by atoms with Gasteiger partial charge in [-0.15, -0.1) is 24.0 Å². The van der Waals surface area contributed by atoms with Crippen LogP contribution < -0.4 is 10.6 Å². The Morgan fingerprint density at radius 2 is 2.00 bits per heavy atom. The fourth-order valence-corrected chi connectivity index (χ4v) is 4.40. The molecule has 29 heavy (non-hydrogen) atoms. The largest absolute Gasteiger partial charge is 0.392 e. The van der Waals surface area contributed by atoms with Crippen LogP contribution in [-0.2, 0) is 12.8 Å². The predicted molar refractivity (Wildman–Crippen MR) is 120 cm³/mol. The van der Waals surface area contributed by atoms with Crippen LogP contribution in [0, 0.1) is 11.8 Å². The molecule has 166 valence electrons. The molecule has 0 amide bonds. The first-order valence-corrected chi connectivity index (χ1v) is 10.4. The van der Waals surface area contributed by atoms with Crippen LogP contribution in [-0.4, -0.2) is 41.6 Å². The molecule has 1 aromatic heterocycles. The minimum atomic E-state index is -4.11. The molecule has 1 fully saturated rings. The lowest BCUT2D eigenvalue weighted by Gasteiger charge is -2.33. The zero-order chi connectivity index (χ0) is 20.3. The molecule has 3 atom stereocenters. The summed E-state index contributed by atoms with van der Waals surface area (Å²) in [5.74, 6) is -1.00. The van der Waals surface area contributed by atoms with E-state index >= 15 is 0 Å². The smallest absolute Gasteiger partial charge is 0.356 e. The summed E-state index contributed by atoms with van der Waals surface area (Å²) < 4.78 is 41.9. The van der Waals surface area contributed by atoms with Crippen molar-refractivity contribution in [1.82, 2.24) is 20.4 Å². The molecule has 1 saturated carbocycles. The molecule has 0 bridgehead atoms. The van der Waals surface area contributed by atoms with E-state index < -0.39 is 12.1 Å². The van der Waals surface area contributed by atoms with Crippen molar-refractivity contribution in [3.63, 3.8) is 0 Å². The number of nitrogens with one attached hydrogen (secondary N) is 2. The third kappa shape index (κ3) is 6.24. The highest BCUT2D eigenvalue weighted by Crippen LogP contribution is 2.41. The van der Waals surface area contributed by atoms with E-state index in [9.17, 15) is 13.2 Å². The van der Waals surface area contributed by atoms with Gasteiger partial charge in [0, 0.05) is 38.3 Å². The van der Waals surface area contributed by atoms with Gasteiger partial charge in [0.2, 0.25) is 0 Å². The van der Waals surface area contributed by atoms with E-state index in [0.29, 0.717) is 31.4 Å². The number of aromatic nitrogens is 2. The van der Waals surface area contributed by atoms with E-state index in [0.717, 1.165) is 31.4 Å². The summed E-state index contributed by atoms with van der Waals surface area (Å²) in [5, 5.41) is 11.2. The first kappa shape index (κ1) is 24.3. The standard InChI is InChI=1S/C20H32F3N5.HI/c1-13(2)28-12-15-8-9-16(10-18(15)27-28)26-19(24-3)25-11-14-6-4-5-7-17(14)20(21,22)23;/h12-14,16-17H,4-11H2,1-3H3,(H2,24,25,26);1H. The Labute approximate surface area is 188 Å². The molecule has 0 saturated heterocycles. The summed E-state index contributed by atoms with van der Waals surface area (Å²) in [6.07, 6.45) is 3.14. The van der Waals surface area contributed by atoms with Gasteiger partial charge in [0.05, 0.1) is 11.6 Å². The molecule has 0 aromatic carbocycles. The molecular weight excluding hydrogens is 494 g/mol. The predicted octanol–water partition coefficient (Wildman–Crippen LogP) is 4.47. The number of hydrogen-bond donors (Lipinski definition) is 2. The van der Waals surface area contributed by atoms with Crippen LogP contribution in [0.25, 0.3) is 0 Å². The van der Waals surface area contributed by atoms with Crippen LogP contribution in [0.5, 0.6) is 0 Å². The van der Waals surface area contributed by atoms with Gasteiger partial charge in [0.1, 0.15) is 0 Å². The van der Waals surface area contributed by atoms with Gasteiger partial charge >= 0.3 is 6.18 Å². The maximum atomic E-state index is 13.3. The molecule has 9 heteroatoms. The van der Waals surface area contributed by atoms with Gasteiger partial charge in [0.25, 0.3) is 0 Å². The van der Waals surface area contributed by atoms with Crippen LogP contribution in [0.3, 0.4) is 0 Å². The average Bonchev–Trinajstić information content (AvgIpc) is 3.08. The van der Waals surface area contributed by atoms with E-state index in [1.54, 1.807) is 7.05 Å². The number of rotatable bonds is 4. The minimum Gasteiger partial charge on any atom is -0.356 e. The van der Waals surface area contributed by atoms with Crippen molar-refractivity contribution in [1.29, 1.82) is 0 Å². The van der Waals surface area contributed by atoms with Gasteiger partial charge in [-0.05, 0) is 51.0 Å². The summed E-state index contributed by atoms with van der Waals surface area (Å²) in [6, 6.07) is 0.530. The maximum absolute atomic E-state index is 13.3. The van der Waals surface area contributed by atoms with Crippen molar-refractivity contribution in [2.75, 3.05) is 13.6 Å². The molecule has 5 nitrogen and oxygen atoms in total. The highest BCUT2D eigenvalue weighted by atomic mass is 127. The van der Waals surface area contributed by atoms with E-state index in [1.165, 1.54) is 5.56 Å². The molecule has 2 N–H and O–H groups in total. The summed E-state index contributed by atoms with van der Waals surface area (Å²) in [6.45, 7) is 4.53. The number of nitrogens with zero attached hydrogens (tertiary/aromatic N) is 3. The summed E-state index contributed by atoms with van der Waals surface area (Å²) in [4.78, 5) is 4.23. The second-order valence-corrected chi connectivity index (χ2v) is 8.40. The van der Waals surface area contributed by atoms with Gasteiger partial charge < -0.3 is 10.6 Å². The Morgan fingerprint density at radius 1 is 1.28 bits per heavy atom. The molecule has 3 unspecified atom stereocenters. The Morgan fingerprint density at radius 3 is 2.66 bits per heavy atom. The number of fused-ring (bicyclic) bond motifs is 1. The second kappa shape index (κ2) is 10.3. The third-order valence-electron chi connectivity index (χ3n) is 6.05. The monoisotopic (exact) mass is 527 g/mol. The van der Waals surface area contributed by atoms with Crippen molar-refractivity contribution in [2.45, 2.75) is 77.1 Å². The van der Waals surface area contributed by atoms with Crippen molar-refractivity contribution >= 4 is 29.9 Å². The van der Waals surface area contributed by atoms with Crippen molar-refractivity contribution in [3.8, 4) is 0 Å². The summed E-state index contributed by atoms with van der Waals surface area (Å²) in [5.41, 5.74) is 2.40. The van der Waals surface area contributed by atoms with Crippen LogP contribution in [0.4, 0.5) is 13.2 Å². The minimum absolute atomic E-state index is 0. The number of hydrogen-bond acceptors (Lipinski definition) is 2. The number of halogens is 4. The quantitative estimate of drug-likeness (QED) is 0.345. The molecule has 0 radical (unpaired) electrons. The lowest BCUT2D eigenvalue weighted by atomic mass is 9.79.